The summed E-state index contributed by atoms with van der Waals surface area (Å²) in [7, 11) is 0. The fourth-order valence-corrected chi connectivity index (χ4v) is 1.62. The number of amidine groups is 1. The number of hydrogen-bond acceptors (Lipinski definition) is 3. The molecule has 0 aliphatic rings. The first-order chi connectivity index (χ1) is 7.93. The van der Waals surface area contributed by atoms with Crippen molar-refractivity contribution in [2.24, 2.45) is 10.9 Å². The molecule has 1 atom stereocenters. The van der Waals surface area contributed by atoms with Gasteiger partial charge in [-0.05, 0) is 28.9 Å². The number of oxime groups is 1. The van der Waals surface area contributed by atoms with Crippen molar-refractivity contribution in [2.75, 3.05) is 5.32 Å². The third-order valence-corrected chi connectivity index (χ3v) is 2.66. The second kappa shape index (κ2) is 5.81. The van der Waals surface area contributed by atoms with Gasteiger partial charge >= 0.3 is 0 Å². The van der Waals surface area contributed by atoms with E-state index in [-0.39, 0.29) is 28.5 Å². The lowest BCUT2D eigenvalue weighted by Crippen LogP contribution is -2.24. The van der Waals surface area contributed by atoms with E-state index in [4.69, 9.17) is 10.9 Å². The third-order valence-electron chi connectivity index (χ3n) is 2.06. The van der Waals surface area contributed by atoms with E-state index < -0.39 is 11.6 Å². The number of anilines is 1. The highest BCUT2D eigenvalue weighted by molar-refractivity contribution is 9.10. The number of halogens is 3. The molecule has 0 heterocycles. The summed E-state index contributed by atoms with van der Waals surface area (Å²) in [6.45, 7) is 1.71. The number of benzene rings is 1. The fraction of sp³-hybridized carbons (Fsp3) is 0.300. The molecule has 17 heavy (non-hydrogen) atoms. The second-order valence-electron chi connectivity index (χ2n) is 3.59. The highest BCUT2D eigenvalue weighted by Gasteiger charge is 2.11. The maximum Gasteiger partial charge on any atom is 0.147 e. The molecule has 0 bridgehead atoms. The van der Waals surface area contributed by atoms with Gasteiger partial charge in [-0.3, -0.25) is 0 Å². The zero-order valence-electron chi connectivity index (χ0n) is 9.04. The van der Waals surface area contributed by atoms with Crippen LogP contribution in [0.5, 0.6) is 0 Å². The van der Waals surface area contributed by atoms with Crippen molar-refractivity contribution >= 4 is 27.5 Å². The topological polar surface area (TPSA) is 70.6 Å². The lowest BCUT2D eigenvalue weighted by molar-refractivity contribution is 0.316. The number of nitrogens with one attached hydrogen (secondary N) is 1. The Morgan fingerprint density at radius 3 is 2.76 bits per heavy atom. The molecule has 0 aliphatic carbocycles. The van der Waals surface area contributed by atoms with Crippen molar-refractivity contribution in [3.8, 4) is 0 Å². The summed E-state index contributed by atoms with van der Waals surface area (Å²) in [6.07, 6.45) is 0.216. The van der Waals surface area contributed by atoms with Crippen LogP contribution >= 0.6 is 15.9 Å². The van der Waals surface area contributed by atoms with Gasteiger partial charge in [-0.15, -0.1) is 0 Å². The normalized spacial score (nSPS) is 13.5. The van der Waals surface area contributed by atoms with Crippen LogP contribution in [0.15, 0.2) is 21.8 Å². The fourth-order valence-electron chi connectivity index (χ4n) is 1.30. The summed E-state index contributed by atoms with van der Waals surface area (Å²) in [5.74, 6) is -1.13. The van der Waals surface area contributed by atoms with Crippen molar-refractivity contribution in [1.29, 1.82) is 0 Å². The van der Waals surface area contributed by atoms with Crippen LogP contribution in [0.1, 0.15) is 13.3 Å². The molecule has 0 aromatic heterocycles. The summed E-state index contributed by atoms with van der Waals surface area (Å²) in [5.41, 5.74) is 5.34. The zero-order chi connectivity index (χ0) is 13.0. The minimum Gasteiger partial charge on any atom is -0.409 e. The molecule has 1 aromatic rings. The molecule has 0 spiro atoms. The van der Waals surface area contributed by atoms with E-state index in [0.29, 0.717) is 0 Å². The standard InChI is InChI=1S/C10H12BrF2N3O/c1-5(2-10(14)16-17)15-9-4-7(12)6(11)3-8(9)13/h3-5,15,17H,2H2,1H3,(H2,14,16). The molecule has 1 unspecified atom stereocenters. The molecule has 4 N–H and O–H groups in total. The summed E-state index contributed by atoms with van der Waals surface area (Å²) >= 11 is 2.88. The highest BCUT2D eigenvalue weighted by Crippen LogP contribution is 2.24. The highest BCUT2D eigenvalue weighted by atomic mass is 79.9. The molecular weight excluding hydrogens is 296 g/mol. The van der Waals surface area contributed by atoms with Gasteiger partial charge in [0.05, 0.1) is 10.2 Å². The molecule has 0 saturated carbocycles. The van der Waals surface area contributed by atoms with Crippen LogP contribution in [0.3, 0.4) is 0 Å². The number of rotatable bonds is 4. The molecule has 0 amide bonds. The third kappa shape index (κ3) is 3.85. The van der Waals surface area contributed by atoms with E-state index in [1.54, 1.807) is 6.92 Å². The molecule has 0 fully saturated rings. The molecule has 0 radical (unpaired) electrons. The largest absolute Gasteiger partial charge is 0.409 e. The molecular formula is C10H12BrF2N3O. The predicted octanol–water partition coefficient (Wildman–Crippen LogP) is 2.66. The lowest BCUT2D eigenvalue weighted by atomic mass is 10.2. The lowest BCUT2D eigenvalue weighted by Gasteiger charge is -2.15. The van der Waals surface area contributed by atoms with Gasteiger partial charge in [-0.2, -0.15) is 0 Å². The first-order valence-corrected chi connectivity index (χ1v) is 5.60. The van der Waals surface area contributed by atoms with E-state index in [1.165, 1.54) is 0 Å². The Labute approximate surface area is 106 Å². The Morgan fingerprint density at radius 1 is 1.53 bits per heavy atom. The average molecular weight is 308 g/mol. The van der Waals surface area contributed by atoms with Crippen molar-refractivity contribution in [3.63, 3.8) is 0 Å². The Kier molecular flexibility index (Phi) is 4.68. The second-order valence-corrected chi connectivity index (χ2v) is 4.44. The Balaban J connectivity index is 2.78. The molecule has 0 saturated heterocycles. The zero-order valence-corrected chi connectivity index (χ0v) is 10.6. The SMILES string of the molecule is CC(C/C(N)=N/O)Nc1cc(F)c(Br)cc1F. The Hall–Kier alpha value is -1.37. The quantitative estimate of drug-likeness (QED) is 0.263. The van der Waals surface area contributed by atoms with Crippen molar-refractivity contribution in [3.05, 3.63) is 28.2 Å². The van der Waals surface area contributed by atoms with E-state index in [2.05, 4.69) is 26.4 Å². The van der Waals surface area contributed by atoms with Crippen molar-refractivity contribution in [2.45, 2.75) is 19.4 Å². The summed E-state index contributed by atoms with van der Waals surface area (Å²) < 4.78 is 26.7. The molecule has 4 nitrogen and oxygen atoms in total. The van der Waals surface area contributed by atoms with Gasteiger partial charge < -0.3 is 16.3 Å². The van der Waals surface area contributed by atoms with E-state index in [0.717, 1.165) is 12.1 Å². The minimum atomic E-state index is -0.579. The summed E-state index contributed by atoms with van der Waals surface area (Å²) in [6, 6.07) is 1.79. The van der Waals surface area contributed by atoms with Crippen LogP contribution in [0, 0.1) is 11.6 Å². The summed E-state index contributed by atoms with van der Waals surface area (Å²) in [5, 5.41) is 13.9. The summed E-state index contributed by atoms with van der Waals surface area (Å²) in [4.78, 5) is 0. The Morgan fingerprint density at radius 2 is 2.18 bits per heavy atom. The first-order valence-electron chi connectivity index (χ1n) is 4.81. The molecule has 1 aromatic carbocycles. The predicted molar refractivity (Wildman–Crippen MR) is 65.2 cm³/mol. The van der Waals surface area contributed by atoms with Gasteiger partial charge in [-0.1, -0.05) is 5.16 Å². The monoisotopic (exact) mass is 307 g/mol. The van der Waals surface area contributed by atoms with Gasteiger partial charge in [0.1, 0.15) is 17.5 Å². The first kappa shape index (κ1) is 13.7. The van der Waals surface area contributed by atoms with Gasteiger partial charge in [0.2, 0.25) is 0 Å². The maximum atomic E-state index is 13.4. The van der Waals surface area contributed by atoms with Crippen LogP contribution in [0.2, 0.25) is 0 Å². The van der Waals surface area contributed by atoms with Crippen molar-refractivity contribution in [1.82, 2.24) is 0 Å². The van der Waals surface area contributed by atoms with Crippen molar-refractivity contribution < 1.29 is 14.0 Å². The van der Waals surface area contributed by atoms with E-state index in [9.17, 15) is 8.78 Å². The van der Waals surface area contributed by atoms with Crippen LogP contribution < -0.4 is 11.1 Å². The van der Waals surface area contributed by atoms with Gasteiger partial charge in [0.25, 0.3) is 0 Å². The number of nitrogens with zero attached hydrogens (tertiary/aromatic N) is 1. The molecule has 7 heteroatoms. The molecule has 94 valence electrons. The molecule has 0 aliphatic heterocycles. The van der Waals surface area contributed by atoms with Gasteiger partial charge in [-0.25, -0.2) is 8.78 Å². The van der Waals surface area contributed by atoms with E-state index in [1.807, 2.05) is 0 Å². The molecule has 1 rings (SSSR count). The Bertz CT molecular complexity index is 440. The van der Waals surface area contributed by atoms with Crippen LogP contribution in [-0.4, -0.2) is 17.1 Å². The maximum absolute atomic E-state index is 13.4. The average Bonchev–Trinajstić information content (AvgIpc) is 2.25. The van der Waals surface area contributed by atoms with Gasteiger partial charge in [0.15, 0.2) is 0 Å². The van der Waals surface area contributed by atoms with Crippen LogP contribution in [0.25, 0.3) is 0 Å². The van der Waals surface area contributed by atoms with Crippen LogP contribution in [0.4, 0.5) is 14.5 Å². The number of hydrogen-bond donors (Lipinski definition) is 3. The number of nitrogens with two attached hydrogens (primary N) is 1. The smallest absolute Gasteiger partial charge is 0.147 e. The van der Waals surface area contributed by atoms with E-state index >= 15 is 0 Å². The van der Waals surface area contributed by atoms with Crippen LogP contribution in [-0.2, 0) is 0 Å². The van der Waals surface area contributed by atoms with Gasteiger partial charge in [0, 0.05) is 18.5 Å². The minimum absolute atomic E-state index is 0.0167.